The largest absolute Gasteiger partial charge is 0.422 e. The molecule has 0 saturated carbocycles. The van der Waals surface area contributed by atoms with Crippen LogP contribution in [-0.4, -0.2) is 5.91 Å². The van der Waals surface area contributed by atoms with Gasteiger partial charge in [0.05, 0.1) is 6.54 Å². The van der Waals surface area contributed by atoms with Crippen molar-refractivity contribution in [3.05, 3.63) is 98.5 Å². The summed E-state index contributed by atoms with van der Waals surface area (Å²) >= 11 is 1.57. The van der Waals surface area contributed by atoms with Crippen molar-refractivity contribution in [1.29, 1.82) is 0 Å². The normalized spacial score (nSPS) is 10.9. The summed E-state index contributed by atoms with van der Waals surface area (Å²) in [6.07, 6.45) is 0. The first kappa shape index (κ1) is 17.2. The van der Waals surface area contributed by atoms with E-state index < -0.39 is 5.63 Å². The lowest BCUT2D eigenvalue weighted by atomic mass is 10.1. The number of nitrogens with zero attached hydrogens (tertiary/aromatic N) is 1. The molecule has 0 atom stereocenters. The van der Waals surface area contributed by atoms with E-state index in [9.17, 15) is 9.59 Å². The molecule has 0 aliphatic carbocycles. The van der Waals surface area contributed by atoms with Crippen LogP contribution in [0.15, 0.2) is 81.3 Å². The quantitative estimate of drug-likeness (QED) is 0.471. The highest BCUT2D eigenvalue weighted by Crippen LogP contribution is 2.23. The van der Waals surface area contributed by atoms with Crippen molar-refractivity contribution in [1.82, 2.24) is 0 Å². The lowest BCUT2D eigenvalue weighted by molar-refractivity contribution is 0.0982. The molecule has 0 bridgehead atoms. The van der Waals surface area contributed by atoms with Crippen LogP contribution in [0.4, 0.5) is 5.69 Å². The minimum Gasteiger partial charge on any atom is -0.422 e. The molecule has 134 valence electrons. The standard InChI is InChI=1S/C22H17NO3S/c1-15-8-10-17(11-9-15)23(14-18-6-4-12-27-18)21(24)19-13-16-5-2-3-7-20(16)26-22(19)25/h2-13H,14H2,1H3. The Kier molecular flexibility index (Phi) is 4.60. The number of hydrogen-bond donors (Lipinski definition) is 0. The number of amides is 1. The zero-order valence-corrected chi connectivity index (χ0v) is 15.5. The second-order valence-corrected chi connectivity index (χ2v) is 7.32. The van der Waals surface area contributed by atoms with Crippen molar-refractivity contribution >= 4 is 33.9 Å². The van der Waals surface area contributed by atoms with Crippen LogP contribution in [0, 0.1) is 6.92 Å². The molecule has 0 unspecified atom stereocenters. The molecule has 2 heterocycles. The third kappa shape index (κ3) is 3.55. The molecule has 0 fully saturated rings. The fourth-order valence-electron chi connectivity index (χ4n) is 2.92. The highest BCUT2D eigenvalue weighted by atomic mass is 32.1. The Bertz CT molecular complexity index is 1140. The molecule has 2 aromatic carbocycles. The minimum atomic E-state index is -0.623. The van der Waals surface area contributed by atoms with Gasteiger partial charge < -0.3 is 9.32 Å². The number of thiophene rings is 1. The first-order chi connectivity index (χ1) is 13.1. The molecule has 5 heteroatoms. The second-order valence-electron chi connectivity index (χ2n) is 6.29. The Morgan fingerprint density at radius 3 is 2.56 bits per heavy atom. The summed E-state index contributed by atoms with van der Waals surface area (Å²) in [5.41, 5.74) is 1.73. The summed E-state index contributed by atoms with van der Waals surface area (Å²) in [5, 5.41) is 2.69. The van der Waals surface area contributed by atoms with Gasteiger partial charge in [-0.05, 0) is 42.6 Å². The summed E-state index contributed by atoms with van der Waals surface area (Å²) in [7, 11) is 0. The smallest absolute Gasteiger partial charge is 0.349 e. The van der Waals surface area contributed by atoms with Crippen LogP contribution < -0.4 is 10.5 Å². The van der Waals surface area contributed by atoms with Crippen LogP contribution in [0.2, 0.25) is 0 Å². The number of rotatable bonds is 4. The molecule has 0 spiro atoms. The number of para-hydroxylation sites is 1. The summed E-state index contributed by atoms with van der Waals surface area (Å²) < 4.78 is 5.35. The number of benzene rings is 2. The number of fused-ring (bicyclic) bond motifs is 1. The van der Waals surface area contributed by atoms with Crippen molar-refractivity contribution in [2.45, 2.75) is 13.5 Å². The molecule has 0 aliphatic heterocycles. The Labute approximate surface area is 160 Å². The zero-order valence-electron chi connectivity index (χ0n) is 14.7. The SMILES string of the molecule is Cc1ccc(N(Cc2cccs2)C(=O)c2cc3ccccc3oc2=O)cc1. The van der Waals surface area contributed by atoms with Gasteiger partial charge in [0.25, 0.3) is 5.91 Å². The Morgan fingerprint density at radius 1 is 1.04 bits per heavy atom. The van der Waals surface area contributed by atoms with Crippen molar-refractivity contribution in [3.8, 4) is 0 Å². The average molecular weight is 375 g/mol. The van der Waals surface area contributed by atoms with Gasteiger partial charge in [-0.25, -0.2) is 4.79 Å². The van der Waals surface area contributed by atoms with Crippen LogP contribution in [0.5, 0.6) is 0 Å². The van der Waals surface area contributed by atoms with Crippen molar-refractivity contribution in [3.63, 3.8) is 0 Å². The summed E-state index contributed by atoms with van der Waals surface area (Å²) in [4.78, 5) is 28.4. The number of aryl methyl sites for hydroxylation is 1. The fraction of sp³-hybridized carbons (Fsp3) is 0.0909. The molecular weight excluding hydrogens is 358 g/mol. The summed E-state index contributed by atoms with van der Waals surface area (Å²) in [5.74, 6) is -0.369. The maximum atomic E-state index is 13.3. The third-order valence-corrected chi connectivity index (χ3v) is 5.22. The van der Waals surface area contributed by atoms with E-state index in [1.807, 2.05) is 60.8 Å². The molecule has 4 nitrogen and oxygen atoms in total. The zero-order chi connectivity index (χ0) is 18.8. The van der Waals surface area contributed by atoms with Crippen LogP contribution in [0.3, 0.4) is 0 Å². The summed E-state index contributed by atoms with van der Waals surface area (Å²) in [6.45, 7) is 2.39. The number of anilines is 1. The minimum absolute atomic E-state index is 0.0332. The van der Waals surface area contributed by atoms with Crippen LogP contribution >= 0.6 is 11.3 Å². The highest BCUT2D eigenvalue weighted by molar-refractivity contribution is 7.09. The lowest BCUT2D eigenvalue weighted by Gasteiger charge is -2.22. The van der Waals surface area contributed by atoms with E-state index in [1.165, 1.54) is 0 Å². The molecule has 0 radical (unpaired) electrons. The Morgan fingerprint density at radius 2 is 1.81 bits per heavy atom. The van der Waals surface area contributed by atoms with Gasteiger partial charge in [0.2, 0.25) is 0 Å². The van der Waals surface area contributed by atoms with Gasteiger partial charge in [0.15, 0.2) is 0 Å². The predicted molar refractivity (Wildman–Crippen MR) is 108 cm³/mol. The van der Waals surface area contributed by atoms with E-state index in [4.69, 9.17) is 4.42 Å². The number of carbonyl (C=O) groups excluding carboxylic acids is 1. The topological polar surface area (TPSA) is 50.5 Å². The molecule has 27 heavy (non-hydrogen) atoms. The first-order valence-electron chi connectivity index (χ1n) is 8.55. The van der Waals surface area contributed by atoms with E-state index in [1.54, 1.807) is 34.4 Å². The molecule has 4 aromatic rings. The highest BCUT2D eigenvalue weighted by Gasteiger charge is 2.22. The third-order valence-electron chi connectivity index (χ3n) is 4.36. The van der Waals surface area contributed by atoms with Crippen molar-refractivity contribution < 1.29 is 9.21 Å². The Balaban J connectivity index is 1.79. The number of hydrogen-bond acceptors (Lipinski definition) is 4. The summed E-state index contributed by atoms with van der Waals surface area (Å²) in [6, 6.07) is 20.4. The molecule has 0 N–H and O–H groups in total. The molecule has 0 aliphatic rings. The monoisotopic (exact) mass is 375 g/mol. The van der Waals surface area contributed by atoms with Gasteiger partial charge in [0, 0.05) is 16.0 Å². The van der Waals surface area contributed by atoms with Crippen molar-refractivity contribution in [2.75, 3.05) is 4.90 Å². The second kappa shape index (κ2) is 7.21. The van der Waals surface area contributed by atoms with Crippen LogP contribution in [0.25, 0.3) is 11.0 Å². The first-order valence-corrected chi connectivity index (χ1v) is 9.43. The van der Waals surface area contributed by atoms with Gasteiger partial charge in [0.1, 0.15) is 11.1 Å². The van der Waals surface area contributed by atoms with Gasteiger partial charge in [-0.1, -0.05) is 42.0 Å². The molecule has 0 saturated heterocycles. The molecular formula is C22H17NO3S. The van der Waals surface area contributed by atoms with E-state index in [2.05, 4.69) is 0 Å². The Hall–Kier alpha value is -3.18. The van der Waals surface area contributed by atoms with Gasteiger partial charge in [-0.2, -0.15) is 0 Å². The molecule has 4 rings (SSSR count). The van der Waals surface area contributed by atoms with Gasteiger partial charge in [-0.15, -0.1) is 11.3 Å². The van der Waals surface area contributed by atoms with Gasteiger partial charge >= 0.3 is 5.63 Å². The van der Waals surface area contributed by atoms with Crippen LogP contribution in [0.1, 0.15) is 20.8 Å². The maximum Gasteiger partial charge on any atom is 0.349 e. The molecule has 1 amide bonds. The van der Waals surface area contributed by atoms with E-state index in [-0.39, 0.29) is 11.5 Å². The van der Waals surface area contributed by atoms with E-state index >= 15 is 0 Å². The number of carbonyl (C=O) groups is 1. The van der Waals surface area contributed by atoms with E-state index in [0.29, 0.717) is 12.1 Å². The molecule has 2 aromatic heterocycles. The predicted octanol–water partition coefficient (Wildman–Crippen LogP) is 5.01. The fourth-order valence-corrected chi connectivity index (χ4v) is 3.61. The van der Waals surface area contributed by atoms with Gasteiger partial charge in [-0.3, -0.25) is 4.79 Å². The lowest BCUT2D eigenvalue weighted by Crippen LogP contribution is -2.33. The van der Waals surface area contributed by atoms with Crippen LogP contribution in [-0.2, 0) is 6.54 Å². The van der Waals surface area contributed by atoms with Crippen molar-refractivity contribution in [2.24, 2.45) is 0 Å². The van der Waals surface area contributed by atoms with E-state index in [0.717, 1.165) is 21.5 Å². The average Bonchev–Trinajstić information content (AvgIpc) is 3.19. The maximum absolute atomic E-state index is 13.3.